The van der Waals surface area contributed by atoms with Gasteiger partial charge in [0.15, 0.2) is 6.29 Å². The Morgan fingerprint density at radius 1 is 0.903 bits per heavy atom. The summed E-state index contributed by atoms with van der Waals surface area (Å²) in [7, 11) is 0. The van der Waals surface area contributed by atoms with Crippen molar-refractivity contribution < 1.29 is 14.3 Å². The van der Waals surface area contributed by atoms with Crippen LogP contribution in [0.5, 0.6) is 0 Å². The van der Waals surface area contributed by atoms with E-state index in [4.69, 9.17) is 9.47 Å². The van der Waals surface area contributed by atoms with Gasteiger partial charge in [0.25, 0.3) is 0 Å². The minimum Gasteiger partial charge on any atom is -0.435 e. The van der Waals surface area contributed by atoms with Crippen molar-refractivity contribution in [3.8, 4) is 0 Å². The van der Waals surface area contributed by atoms with Crippen molar-refractivity contribution in [2.24, 2.45) is 35.5 Å². The van der Waals surface area contributed by atoms with Gasteiger partial charge in [-0.15, -0.1) is 11.8 Å². The molecule has 0 radical (unpaired) electrons. The number of fused-ring (bicyclic) bond motifs is 2. The molecule has 176 valence electrons. The largest absolute Gasteiger partial charge is 0.435 e. The highest BCUT2D eigenvalue weighted by Crippen LogP contribution is 2.50. The number of esters is 1. The van der Waals surface area contributed by atoms with E-state index in [1.807, 2.05) is 6.92 Å². The summed E-state index contributed by atoms with van der Waals surface area (Å²) in [6.07, 6.45) is 22.1. The van der Waals surface area contributed by atoms with Crippen molar-refractivity contribution in [1.29, 1.82) is 0 Å². The molecule has 0 aromatic heterocycles. The van der Waals surface area contributed by atoms with Crippen molar-refractivity contribution in [3.05, 3.63) is 12.2 Å². The molecule has 6 atom stereocenters. The predicted octanol–water partition coefficient (Wildman–Crippen LogP) is 7.00. The van der Waals surface area contributed by atoms with E-state index in [0.29, 0.717) is 12.4 Å². The molecule has 4 rings (SSSR count). The van der Waals surface area contributed by atoms with Crippen LogP contribution in [0, 0.1) is 35.5 Å². The lowest BCUT2D eigenvalue weighted by Gasteiger charge is -2.46. The molecule has 3 nitrogen and oxygen atoms in total. The monoisotopic (exact) mass is 448 g/mol. The normalized spacial score (nSPS) is 34.5. The molecule has 3 saturated carbocycles. The number of allylic oxidation sites excluding steroid dienone is 2. The van der Waals surface area contributed by atoms with Gasteiger partial charge in [0.05, 0.1) is 12.4 Å². The van der Waals surface area contributed by atoms with Crippen molar-refractivity contribution >= 4 is 17.7 Å². The molecule has 4 aliphatic rings. The molecule has 0 saturated heterocycles. The van der Waals surface area contributed by atoms with Gasteiger partial charge in [0, 0.05) is 0 Å². The maximum absolute atomic E-state index is 12.2. The fourth-order valence-corrected chi connectivity index (χ4v) is 7.88. The van der Waals surface area contributed by atoms with Gasteiger partial charge in [-0.2, -0.15) is 0 Å². The third-order valence-electron chi connectivity index (χ3n) is 8.64. The van der Waals surface area contributed by atoms with Crippen LogP contribution in [0.2, 0.25) is 0 Å². The molecular formula is C27H44O3S. The van der Waals surface area contributed by atoms with Gasteiger partial charge in [-0.25, -0.2) is 0 Å². The zero-order chi connectivity index (χ0) is 21.5. The minimum absolute atomic E-state index is 0.113. The first-order valence-corrected chi connectivity index (χ1v) is 14.4. The van der Waals surface area contributed by atoms with E-state index < -0.39 is 6.29 Å². The van der Waals surface area contributed by atoms with E-state index in [1.54, 1.807) is 11.8 Å². The average Bonchev–Trinajstić information content (AvgIpc) is 2.78. The third-order valence-corrected chi connectivity index (χ3v) is 9.79. The van der Waals surface area contributed by atoms with E-state index in [2.05, 4.69) is 12.2 Å². The zero-order valence-electron chi connectivity index (χ0n) is 19.6. The van der Waals surface area contributed by atoms with Crippen LogP contribution in [0.1, 0.15) is 90.4 Å². The summed E-state index contributed by atoms with van der Waals surface area (Å²) in [5.41, 5.74) is 0. The summed E-state index contributed by atoms with van der Waals surface area (Å²) in [5.74, 6) is 6.91. The van der Waals surface area contributed by atoms with Crippen LogP contribution >= 0.6 is 11.8 Å². The molecular weight excluding hydrogens is 404 g/mol. The highest BCUT2D eigenvalue weighted by molar-refractivity contribution is 7.99. The summed E-state index contributed by atoms with van der Waals surface area (Å²) in [6.45, 7) is 2.58. The Morgan fingerprint density at radius 3 is 2.42 bits per heavy atom. The Labute approximate surface area is 194 Å². The van der Waals surface area contributed by atoms with E-state index in [0.717, 1.165) is 47.7 Å². The molecule has 0 aromatic rings. The Balaban J connectivity index is 1.07. The van der Waals surface area contributed by atoms with Gasteiger partial charge in [0.1, 0.15) is 0 Å². The van der Waals surface area contributed by atoms with Crippen LogP contribution in [0.3, 0.4) is 0 Å². The topological polar surface area (TPSA) is 35.5 Å². The van der Waals surface area contributed by atoms with Crippen molar-refractivity contribution in [2.45, 2.75) is 96.7 Å². The lowest BCUT2D eigenvalue weighted by atomic mass is 9.59. The Kier molecular flexibility index (Phi) is 9.25. The summed E-state index contributed by atoms with van der Waals surface area (Å²) in [6, 6.07) is 0. The van der Waals surface area contributed by atoms with Crippen LogP contribution in [-0.2, 0) is 14.3 Å². The highest BCUT2D eigenvalue weighted by Gasteiger charge is 2.40. The lowest BCUT2D eigenvalue weighted by molar-refractivity contribution is -0.172. The number of ether oxygens (including phenoxy) is 2. The van der Waals surface area contributed by atoms with Crippen molar-refractivity contribution in [3.63, 3.8) is 0 Å². The second-order valence-electron chi connectivity index (χ2n) is 10.9. The van der Waals surface area contributed by atoms with E-state index in [9.17, 15) is 4.79 Å². The first-order valence-electron chi connectivity index (χ1n) is 13.2. The fourth-order valence-electron chi connectivity index (χ4n) is 6.89. The van der Waals surface area contributed by atoms with Gasteiger partial charge >= 0.3 is 5.97 Å². The summed E-state index contributed by atoms with van der Waals surface area (Å²) < 4.78 is 11.2. The van der Waals surface area contributed by atoms with Crippen LogP contribution in [0.25, 0.3) is 0 Å². The Morgan fingerprint density at radius 2 is 1.65 bits per heavy atom. The summed E-state index contributed by atoms with van der Waals surface area (Å²) in [4.78, 5) is 12.2. The highest BCUT2D eigenvalue weighted by atomic mass is 32.2. The molecule has 3 fully saturated rings. The van der Waals surface area contributed by atoms with Gasteiger partial charge in [-0.1, -0.05) is 44.3 Å². The SMILES string of the molecule is CC(OCCC1CCCCC1)OC(=O)CSCC1CCC2CC3CC=CCC3CC2C1. The molecule has 0 spiro atoms. The fraction of sp³-hybridized carbons (Fsp3) is 0.889. The average molecular weight is 449 g/mol. The molecule has 0 bridgehead atoms. The molecule has 0 heterocycles. The van der Waals surface area contributed by atoms with E-state index in [1.165, 1.54) is 77.0 Å². The summed E-state index contributed by atoms with van der Waals surface area (Å²) in [5, 5.41) is 0. The quantitative estimate of drug-likeness (QED) is 0.216. The van der Waals surface area contributed by atoms with Crippen molar-refractivity contribution in [1.82, 2.24) is 0 Å². The standard InChI is InChI=1S/C27H44O3S/c1-20(29-14-13-21-7-3-2-4-8-21)30-27(28)19-31-18-22-11-12-25-16-23-9-5-6-10-24(23)17-26(25)15-22/h5-6,20-26H,2-4,7-19H2,1H3. The number of hydrogen-bond donors (Lipinski definition) is 0. The molecule has 0 aliphatic heterocycles. The number of rotatable bonds is 9. The molecule has 0 aromatic carbocycles. The molecule has 4 aliphatic carbocycles. The van der Waals surface area contributed by atoms with Gasteiger partial charge in [-0.3, -0.25) is 4.79 Å². The Bertz CT molecular complexity index is 585. The molecule has 4 heteroatoms. The number of thioether (sulfide) groups is 1. The molecule has 6 unspecified atom stereocenters. The minimum atomic E-state index is -0.410. The molecule has 31 heavy (non-hydrogen) atoms. The predicted molar refractivity (Wildman–Crippen MR) is 129 cm³/mol. The number of carbonyl (C=O) groups excluding carboxylic acids is 1. The first-order chi connectivity index (χ1) is 15.2. The van der Waals surface area contributed by atoms with E-state index in [-0.39, 0.29) is 5.97 Å². The zero-order valence-corrected chi connectivity index (χ0v) is 20.5. The molecule has 0 amide bonds. The van der Waals surface area contributed by atoms with E-state index >= 15 is 0 Å². The second kappa shape index (κ2) is 12.1. The van der Waals surface area contributed by atoms with Crippen LogP contribution in [-0.4, -0.2) is 30.4 Å². The smallest absolute Gasteiger partial charge is 0.318 e. The first kappa shape index (κ1) is 23.7. The van der Waals surface area contributed by atoms with Gasteiger partial charge in [0.2, 0.25) is 0 Å². The lowest BCUT2D eigenvalue weighted by Crippen LogP contribution is -2.37. The Hall–Kier alpha value is -0.480. The summed E-state index contributed by atoms with van der Waals surface area (Å²) >= 11 is 1.78. The second-order valence-corrected chi connectivity index (χ2v) is 11.9. The third kappa shape index (κ3) is 7.25. The maximum Gasteiger partial charge on any atom is 0.318 e. The maximum atomic E-state index is 12.2. The number of carbonyl (C=O) groups is 1. The van der Waals surface area contributed by atoms with Crippen LogP contribution in [0.15, 0.2) is 12.2 Å². The van der Waals surface area contributed by atoms with Crippen LogP contribution in [0.4, 0.5) is 0 Å². The van der Waals surface area contributed by atoms with Crippen LogP contribution < -0.4 is 0 Å². The molecule has 0 N–H and O–H groups in total. The van der Waals surface area contributed by atoms with Crippen molar-refractivity contribution in [2.75, 3.05) is 18.1 Å². The van der Waals surface area contributed by atoms with Gasteiger partial charge < -0.3 is 9.47 Å². The number of hydrogen-bond acceptors (Lipinski definition) is 4. The van der Waals surface area contributed by atoms with Gasteiger partial charge in [-0.05, 0) is 99.6 Å².